The van der Waals surface area contributed by atoms with Crippen LogP contribution in [0.25, 0.3) is 97.7 Å². The highest BCUT2D eigenvalue weighted by atomic mass is 32.1. The van der Waals surface area contributed by atoms with Crippen LogP contribution in [0.3, 0.4) is 0 Å². The normalized spacial score (nSPS) is 11.5. The number of rotatable bonds is 8. The number of para-hydroxylation sites is 1. The van der Waals surface area contributed by atoms with E-state index in [1.54, 1.807) is 0 Å². The largest absolute Gasteiger partial charge is 0.454 e. The fourth-order valence-electron chi connectivity index (χ4n) is 9.28. The fourth-order valence-corrected chi connectivity index (χ4v) is 10.6. The minimum atomic E-state index is 0.849. The van der Waals surface area contributed by atoms with Gasteiger partial charge in [0.05, 0.1) is 11.4 Å². The maximum Gasteiger partial charge on any atom is 0.159 e. The third-order valence-electron chi connectivity index (χ3n) is 12.3. The predicted molar refractivity (Wildman–Crippen MR) is 268 cm³/mol. The summed E-state index contributed by atoms with van der Waals surface area (Å²) in [5, 5.41) is 4.62. The summed E-state index contributed by atoms with van der Waals surface area (Å²) in [5.74, 6) is 0. The van der Waals surface area contributed by atoms with Crippen LogP contribution < -0.4 is 4.90 Å². The lowest BCUT2D eigenvalue weighted by molar-refractivity contribution is 0.669. The molecule has 0 amide bonds. The van der Waals surface area contributed by atoms with Crippen LogP contribution in [0.15, 0.2) is 241 Å². The van der Waals surface area contributed by atoms with E-state index in [0.29, 0.717) is 0 Å². The average Bonchev–Trinajstić information content (AvgIpc) is 3.94. The quantitative estimate of drug-likeness (QED) is 0.152. The van der Waals surface area contributed by atoms with Crippen molar-refractivity contribution in [2.75, 3.05) is 4.90 Å². The monoisotopic (exact) mass is 821 g/mol. The van der Waals surface area contributed by atoms with Gasteiger partial charge in [0.1, 0.15) is 5.58 Å². The molecule has 10 aromatic carbocycles. The first-order chi connectivity index (χ1) is 31.2. The molecular formula is C60H39NOS. The zero-order valence-electron chi connectivity index (χ0n) is 34.3. The lowest BCUT2D eigenvalue weighted by atomic mass is 9.94. The Morgan fingerprint density at radius 2 is 0.857 bits per heavy atom. The molecule has 0 spiro atoms. The molecule has 2 heterocycles. The first-order valence-corrected chi connectivity index (χ1v) is 22.2. The molecule has 0 N–H and O–H groups in total. The summed E-state index contributed by atoms with van der Waals surface area (Å²) < 4.78 is 9.53. The third kappa shape index (κ3) is 6.50. The number of benzene rings is 10. The van der Waals surface area contributed by atoms with Gasteiger partial charge < -0.3 is 9.32 Å². The van der Waals surface area contributed by atoms with Crippen LogP contribution in [0.5, 0.6) is 0 Å². The molecule has 3 heteroatoms. The summed E-state index contributed by atoms with van der Waals surface area (Å²) in [6.07, 6.45) is 0. The minimum Gasteiger partial charge on any atom is -0.454 e. The van der Waals surface area contributed by atoms with Crippen molar-refractivity contribution in [2.24, 2.45) is 0 Å². The number of nitrogens with zero attached hydrogens (tertiary/aromatic N) is 1. The molecule has 2 nitrogen and oxygen atoms in total. The van der Waals surface area contributed by atoms with Crippen LogP contribution in [0.2, 0.25) is 0 Å². The van der Waals surface area contributed by atoms with Gasteiger partial charge in [0, 0.05) is 36.6 Å². The molecule has 0 saturated carbocycles. The van der Waals surface area contributed by atoms with Crippen LogP contribution >= 0.6 is 11.3 Å². The average molecular weight is 822 g/mol. The maximum atomic E-state index is 7.03. The van der Waals surface area contributed by atoms with Gasteiger partial charge in [0.15, 0.2) is 5.58 Å². The number of hydrogen-bond acceptors (Lipinski definition) is 3. The van der Waals surface area contributed by atoms with Gasteiger partial charge in [0.25, 0.3) is 0 Å². The van der Waals surface area contributed by atoms with Gasteiger partial charge in [-0.2, -0.15) is 0 Å². The van der Waals surface area contributed by atoms with Crippen molar-refractivity contribution in [3.05, 3.63) is 237 Å². The molecule has 63 heavy (non-hydrogen) atoms. The maximum absolute atomic E-state index is 7.03. The van der Waals surface area contributed by atoms with E-state index >= 15 is 0 Å². The molecular weight excluding hydrogens is 783 g/mol. The second-order valence-electron chi connectivity index (χ2n) is 16.0. The minimum absolute atomic E-state index is 0.849. The lowest BCUT2D eigenvalue weighted by Gasteiger charge is -2.27. The van der Waals surface area contributed by atoms with E-state index in [9.17, 15) is 0 Å². The Balaban J connectivity index is 1.10. The molecule has 12 rings (SSSR count). The van der Waals surface area contributed by atoms with Crippen LogP contribution in [0, 0.1) is 0 Å². The van der Waals surface area contributed by atoms with Crippen molar-refractivity contribution in [2.45, 2.75) is 0 Å². The molecule has 0 radical (unpaired) electrons. The van der Waals surface area contributed by atoms with Crippen molar-refractivity contribution >= 4 is 70.5 Å². The topological polar surface area (TPSA) is 16.4 Å². The molecule has 0 unspecified atom stereocenters. The predicted octanol–water partition coefficient (Wildman–Crippen LogP) is 17.8. The van der Waals surface area contributed by atoms with E-state index in [-0.39, 0.29) is 0 Å². The van der Waals surface area contributed by atoms with Crippen LogP contribution in [0.4, 0.5) is 17.1 Å². The Morgan fingerprint density at radius 3 is 1.49 bits per heavy atom. The molecule has 0 aliphatic carbocycles. The Labute approximate surface area is 370 Å². The second kappa shape index (κ2) is 15.5. The zero-order chi connectivity index (χ0) is 41.7. The number of thiophene rings is 1. The molecule has 0 saturated heterocycles. The Kier molecular flexibility index (Phi) is 9.06. The number of anilines is 3. The van der Waals surface area contributed by atoms with E-state index in [0.717, 1.165) is 55.7 Å². The number of fused-ring (bicyclic) bond motifs is 6. The molecule has 2 aromatic heterocycles. The van der Waals surface area contributed by atoms with Crippen molar-refractivity contribution in [1.29, 1.82) is 0 Å². The molecule has 12 aromatic rings. The Hall–Kier alpha value is -7.98. The summed E-state index contributed by atoms with van der Waals surface area (Å²) in [5.41, 5.74) is 16.7. The van der Waals surface area contributed by atoms with Gasteiger partial charge in [-0.05, 0) is 98.1 Å². The third-order valence-corrected chi connectivity index (χ3v) is 13.5. The zero-order valence-corrected chi connectivity index (χ0v) is 35.1. The van der Waals surface area contributed by atoms with Gasteiger partial charge in [0.2, 0.25) is 0 Å². The van der Waals surface area contributed by atoms with Gasteiger partial charge >= 0.3 is 0 Å². The second-order valence-corrected chi connectivity index (χ2v) is 17.1. The van der Waals surface area contributed by atoms with Crippen molar-refractivity contribution < 1.29 is 4.42 Å². The smallest absolute Gasteiger partial charge is 0.159 e. The van der Waals surface area contributed by atoms with E-state index in [4.69, 9.17) is 4.42 Å². The van der Waals surface area contributed by atoms with E-state index < -0.39 is 0 Å². The highest BCUT2D eigenvalue weighted by Crippen LogP contribution is 2.51. The molecule has 296 valence electrons. The summed E-state index contributed by atoms with van der Waals surface area (Å²) in [6.45, 7) is 0. The van der Waals surface area contributed by atoms with Gasteiger partial charge in [-0.1, -0.05) is 194 Å². The van der Waals surface area contributed by atoms with Crippen molar-refractivity contribution in [3.8, 4) is 55.6 Å². The van der Waals surface area contributed by atoms with Crippen LogP contribution in [0.1, 0.15) is 0 Å². The number of hydrogen-bond donors (Lipinski definition) is 0. The molecule has 0 fully saturated rings. The molecule has 0 atom stereocenters. The Bertz CT molecular complexity index is 3590. The lowest BCUT2D eigenvalue weighted by Crippen LogP contribution is -2.10. The summed E-state index contributed by atoms with van der Waals surface area (Å²) >= 11 is 1.87. The first-order valence-electron chi connectivity index (χ1n) is 21.4. The summed E-state index contributed by atoms with van der Waals surface area (Å²) in [4.78, 5) is 2.42. The van der Waals surface area contributed by atoms with Crippen molar-refractivity contribution in [3.63, 3.8) is 0 Å². The molecule has 0 aliphatic rings. The van der Waals surface area contributed by atoms with Crippen LogP contribution in [-0.4, -0.2) is 0 Å². The molecule has 0 aliphatic heterocycles. The van der Waals surface area contributed by atoms with E-state index in [1.807, 2.05) is 11.3 Å². The fraction of sp³-hybridized carbons (Fsp3) is 0. The van der Waals surface area contributed by atoms with E-state index in [1.165, 1.54) is 59.1 Å². The SMILES string of the molecule is c1ccc(-c2ccc3c(c2)oc2c(N(c4ccc(-c5ccccc5-c5ccccc5)cc4)c4ccc(-c5ccccc5)c5sc6cc(-c7ccccc7)ccc6c45)cccc23)cc1. The van der Waals surface area contributed by atoms with Gasteiger partial charge in [-0.25, -0.2) is 0 Å². The van der Waals surface area contributed by atoms with Crippen LogP contribution in [-0.2, 0) is 0 Å². The Morgan fingerprint density at radius 1 is 0.333 bits per heavy atom. The van der Waals surface area contributed by atoms with Crippen molar-refractivity contribution in [1.82, 2.24) is 0 Å². The number of furan rings is 1. The first kappa shape index (κ1) is 36.8. The van der Waals surface area contributed by atoms with Gasteiger partial charge in [-0.15, -0.1) is 11.3 Å². The highest BCUT2D eigenvalue weighted by Gasteiger charge is 2.25. The standard InChI is InChI=1S/C60H39NOS/c1-5-16-40(17-6-1)45-30-34-51-52-26-15-27-55(59(52)62-56(51)38-45)61(47-32-28-44(29-33-47)49-25-14-13-24-48(49)42-20-9-3-10-21-42)54-37-36-50(43-22-11-4-12-23-43)60-58(54)53-35-31-46(39-57(53)63-60)41-18-7-2-8-19-41/h1-39H. The summed E-state index contributed by atoms with van der Waals surface area (Å²) in [7, 11) is 0. The van der Waals surface area contributed by atoms with Gasteiger partial charge in [-0.3, -0.25) is 0 Å². The molecule has 0 bridgehead atoms. The van der Waals surface area contributed by atoms with E-state index in [2.05, 4.69) is 241 Å². The highest BCUT2D eigenvalue weighted by molar-refractivity contribution is 7.26. The summed E-state index contributed by atoms with van der Waals surface area (Å²) in [6, 6.07) is 85.1.